The van der Waals surface area contributed by atoms with Gasteiger partial charge in [-0.1, -0.05) is 31.7 Å². The number of sulfonamides is 1. The molecule has 3 rings (SSSR count). The molecule has 0 amide bonds. The Morgan fingerprint density at radius 1 is 1.17 bits per heavy atom. The first-order valence-corrected chi connectivity index (χ1v) is 11.1. The van der Waals surface area contributed by atoms with Crippen molar-refractivity contribution in [3.05, 3.63) is 54.2 Å². The molecule has 0 saturated carbocycles. The fourth-order valence-corrected chi connectivity index (χ4v) is 4.44. The highest BCUT2D eigenvalue weighted by molar-refractivity contribution is 7.92. The fourth-order valence-electron chi connectivity index (χ4n) is 3.32. The number of halogens is 1. The highest BCUT2D eigenvalue weighted by Crippen LogP contribution is 2.23. The number of nitrogens with zero attached hydrogens (tertiary/aromatic N) is 3. The Kier molecular flexibility index (Phi) is 8.07. The summed E-state index contributed by atoms with van der Waals surface area (Å²) >= 11 is 0. The average molecular weight is 437 g/mol. The molecular weight excluding hydrogens is 408 g/mol. The average Bonchev–Trinajstić information content (AvgIpc) is 2.70. The summed E-state index contributed by atoms with van der Waals surface area (Å²) in [5, 5.41) is 0. The van der Waals surface area contributed by atoms with Crippen LogP contribution in [0, 0.1) is 6.92 Å². The van der Waals surface area contributed by atoms with E-state index < -0.39 is 10.0 Å². The maximum atomic E-state index is 12.7. The fraction of sp³-hybridized carbons (Fsp3) is 0.381. The van der Waals surface area contributed by atoms with Crippen LogP contribution in [0.4, 0.5) is 11.5 Å². The van der Waals surface area contributed by atoms with E-state index >= 15 is 0 Å². The molecule has 1 saturated heterocycles. The molecule has 6 nitrogen and oxygen atoms in total. The van der Waals surface area contributed by atoms with E-state index in [2.05, 4.69) is 33.0 Å². The molecule has 29 heavy (non-hydrogen) atoms. The summed E-state index contributed by atoms with van der Waals surface area (Å²) in [6, 6.07) is 8.56. The number of pyridine rings is 1. The number of benzene rings is 1. The number of anilines is 2. The maximum Gasteiger partial charge on any atom is 0.261 e. The molecule has 0 aliphatic carbocycles. The third-order valence-electron chi connectivity index (χ3n) is 5.00. The van der Waals surface area contributed by atoms with E-state index in [0.29, 0.717) is 5.69 Å². The topological polar surface area (TPSA) is 65.5 Å². The second-order valence-electron chi connectivity index (χ2n) is 7.06. The monoisotopic (exact) mass is 436 g/mol. The van der Waals surface area contributed by atoms with Crippen LogP contribution in [0.15, 0.2) is 48.0 Å². The molecule has 158 valence electrons. The lowest BCUT2D eigenvalue weighted by molar-refractivity contribution is 0.258. The molecule has 1 aliphatic heterocycles. The lowest BCUT2D eigenvalue weighted by Crippen LogP contribution is -2.46. The largest absolute Gasteiger partial charge is 0.354 e. The number of piperazine rings is 1. The predicted molar refractivity (Wildman–Crippen MR) is 123 cm³/mol. The van der Waals surface area contributed by atoms with Crippen LogP contribution in [0.1, 0.15) is 24.5 Å². The van der Waals surface area contributed by atoms with E-state index in [1.54, 1.807) is 36.5 Å². The molecule has 1 aliphatic rings. The van der Waals surface area contributed by atoms with Crippen LogP contribution >= 0.6 is 12.4 Å². The molecule has 1 aromatic carbocycles. The van der Waals surface area contributed by atoms with Gasteiger partial charge in [0.15, 0.2) is 0 Å². The molecule has 0 bridgehead atoms. The van der Waals surface area contributed by atoms with E-state index in [4.69, 9.17) is 0 Å². The summed E-state index contributed by atoms with van der Waals surface area (Å²) in [6.07, 6.45) is 4.46. The normalized spacial score (nSPS) is 14.9. The van der Waals surface area contributed by atoms with Crippen molar-refractivity contribution in [2.75, 3.05) is 42.3 Å². The second-order valence-corrected chi connectivity index (χ2v) is 8.75. The zero-order valence-electron chi connectivity index (χ0n) is 17.0. The van der Waals surface area contributed by atoms with Crippen molar-refractivity contribution in [1.29, 1.82) is 0 Å². The maximum absolute atomic E-state index is 12.7. The van der Waals surface area contributed by atoms with Gasteiger partial charge in [0.1, 0.15) is 5.82 Å². The Morgan fingerprint density at radius 2 is 1.83 bits per heavy atom. The third-order valence-corrected chi connectivity index (χ3v) is 6.38. The number of aryl methyl sites for hydroxylation is 1. The van der Waals surface area contributed by atoms with Gasteiger partial charge in [-0.15, -0.1) is 12.4 Å². The predicted octanol–water partition coefficient (Wildman–Crippen LogP) is 3.79. The van der Waals surface area contributed by atoms with Gasteiger partial charge in [-0.25, -0.2) is 13.4 Å². The summed E-state index contributed by atoms with van der Waals surface area (Å²) in [7, 11) is -3.66. The van der Waals surface area contributed by atoms with E-state index in [1.165, 1.54) is 6.42 Å². The molecule has 0 radical (unpaired) electrons. The van der Waals surface area contributed by atoms with Crippen molar-refractivity contribution in [1.82, 2.24) is 9.88 Å². The van der Waals surface area contributed by atoms with Gasteiger partial charge >= 0.3 is 0 Å². The van der Waals surface area contributed by atoms with Gasteiger partial charge in [0.2, 0.25) is 0 Å². The van der Waals surface area contributed by atoms with Gasteiger partial charge in [0, 0.05) is 26.2 Å². The number of aromatic nitrogens is 1. The standard InChI is InChI=1S/C21H28N4O2S.ClH/c1-4-10-24-11-13-25(14-12-24)21-15-17(3)20(16-22-21)23-28(26,27)19-8-6-18(5-2)7-9-19;/h5-9,15-16,23H,2,4,10-14H2,1,3H3;1H. The Hall–Kier alpha value is -2.09. The quantitative estimate of drug-likeness (QED) is 0.715. The molecular formula is C21H29ClN4O2S. The number of rotatable bonds is 7. The summed E-state index contributed by atoms with van der Waals surface area (Å²) < 4.78 is 28.0. The molecule has 0 atom stereocenters. The Balaban J connectivity index is 0.00000300. The van der Waals surface area contributed by atoms with Crippen molar-refractivity contribution < 1.29 is 8.42 Å². The van der Waals surface area contributed by atoms with Gasteiger partial charge in [-0.3, -0.25) is 9.62 Å². The molecule has 8 heteroatoms. The first-order valence-electron chi connectivity index (χ1n) is 9.62. The molecule has 0 unspecified atom stereocenters. The third kappa shape index (κ3) is 5.72. The molecule has 2 heterocycles. The Labute approximate surface area is 180 Å². The van der Waals surface area contributed by atoms with Crippen LogP contribution in [-0.4, -0.2) is 51.0 Å². The SMILES string of the molecule is C=Cc1ccc(S(=O)(=O)Nc2cnc(N3CCN(CCC)CC3)cc2C)cc1.Cl. The minimum Gasteiger partial charge on any atom is -0.354 e. The van der Waals surface area contributed by atoms with Crippen molar-refractivity contribution in [3.8, 4) is 0 Å². The molecule has 0 spiro atoms. The molecule has 1 fully saturated rings. The van der Waals surface area contributed by atoms with Crippen molar-refractivity contribution in [2.24, 2.45) is 0 Å². The van der Waals surface area contributed by atoms with Crippen LogP contribution in [0.25, 0.3) is 6.08 Å². The van der Waals surface area contributed by atoms with Gasteiger partial charge in [0.25, 0.3) is 10.0 Å². The van der Waals surface area contributed by atoms with Gasteiger partial charge in [-0.05, 0) is 49.2 Å². The highest BCUT2D eigenvalue weighted by Gasteiger charge is 2.19. The van der Waals surface area contributed by atoms with Crippen molar-refractivity contribution in [3.63, 3.8) is 0 Å². The van der Waals surface area contributed by atoms with Gasteiger partial charge in [0.05, 0.1) is 16.8 Å². The van der Waals surface area contributed by atoms with Crippen LogP contribution in [-0.2, 0) is 10.0 Å². The summed E-state index contributed by atoms with van der Waals surface area (Å²) in [6.45, 7) is 12.9. The highest BCUT2D eigenvalue weighted by atomic mass is 35.5. The van der Waals surface area contributed by atoms with Crippen molar-refractivity contribution in [2.45, 2.75) is 25.2 Å². The zero-order valence-corrected chi connectivity index (χ0v) is 18.6. The van der Waals surface area contributed by atoms with E-state index in [1.807, 2.05) is 13.0 Å². The summed E-state index contributed by atoms with van der Waals surface area (Å²) in [5.41, 5.74) is 2.23. The second kappa shape index (κ2) is 10.1. The number of hydrogen-bond acceptors (Lipinski definition) is 5. The smallest absolute Gasteiger partial charge is 0.261 e. The van der Waals surface area contributed by atoms with Crippen molar-refractivity contribution >= 4 is 40.0 Å². The Morgan fingerprint density at radius 3 is 2.38 bits per heavy atom. The van der Waals surface area contributed by atoms with Gasteiger partial charge < -0.3 is 4.90 Å². The summed E-state index contributed by atoms with van der Waals surface area (Å²) in [5.74, 6) is 0.895. The van der Waals surface area contributed by atoms with Crippen LogP contribution in [0.3, 0.4) is 0 Å². The van der Waals surface area contributed by atoms with E-state index in [0.717, 1.165) is 49.7 Å². The summed E-state index contributed by atoms with van der Waals surface area (Å²) in [4.78, 5) is 9.44. The number of nitrogens with one attached hydrogen (secondary N) is 1. The van der Waals surface area contributed by atoms with Gasteiger partial charge in [-0.2, -0.15) is 0 Å². The molecule has 1 N–H and O–H groups in total. The zero-order chi connectivity index (χ0) is 20.1. The first-order chi connectivity index (χ1) is 13.4. The minimum atomic E-state index is -3.66. The Bertz CT molecular complexity index is 924. The minimum absolute atomic E-state index is 0. The van der Waals surface area contributed by atoms with Crippen LogP contribution in [0.2, 0.25) is 0 Å². The van der Waals surface area contributed by atoms with Crippen LogP contribution in [0.5, 0.6) is 0 Å². The van der Waals surface area contributed by atoms with E-state index in [9.17, 15) is 8.42 Å². The molecule has 1 aromatic heterocycles. The lowest BCUT2D eigenvalue weighted by Gasteiger charge is -2.35. The molecule has 2 aromatic rings. The lowest BCUT2D eigenvalue weighted by atomic mass is 10.2. The van der Waals surface area contributed by atoms with E-state index in [-0.39, 0.29) is 17.3 Å². The first kappa shape index (κ1) is 23.2. The van der Waals surface area contributed by atoms with Crippen LogP contribution < -0.4 is 9.62 Å². The number of hydrogen-bond donors (Lipinski definition) is 1.